The molecule has 6 nitrogen and oxygen atoms in total. The summed E-state index contributed by atoms with van der Waals surface area (Å²) in [6.07, 6.45) is 0.319. The third kappa shape index (κ3) is 4.93. The van der Waals surface area contributed by atoms with E-state index in [1.807, 2.05) is 60.7 Å². The highest BCUT2D eigenvalue weighted by atomic mass is 16.5. The summed E-state index contributed by atoms with van der Waals surface area (Å²) in [7, 11) is 0. The third-order valence-electron chi connectivity index (χ3n) is 6.44. The van der Waals surface area contributed by atoms with Crippen LogP contribution in [-0.2, 0) is 24.4 Å². The smallest absolute Gasteiger partial charge is 0.309 e. The van der Waals surface area contributed by atoms with Gasteiger partial charge in [0, 0.05) is 24.4 Å². The van der Waals surface area contributed by atoms with Gasteiger partial charge in [-0.05, 0) is 50.6 Å². The van der Waals surface area contributed by atoms with E-state index in [0.717, 1.165) is 39.0 Å². The molecule has 0 unspecified atom stereocenters. The average molecular weight is 480 g/mol. The first kappa shape index (κ1) is 23.5. The minimum Gasteiger partial charge on any atom is -0.487 e. The van der Waals surface area contributed by atoms with Gasteiger partial charge in [0.2, 0.25) is 0 Å². The van der Waals surface area contributed by atoms with Crippen molar-refractivity contribution in [1.29, 1.82) is 0 Å². The molecule has 0 aliphatic carbocycles. The second-order valence-electron chi connectivity index (χ2n) is 9.90. The van der Waals surface area contributed by atoms with Gasteiger partial charge in [-0.1, -0.05) is 54.1 Å². The van der Waals surface area contributed by atoms with Gasteiger partial charge in [0.25, 0.3) is 0 Å². The molecule has 0 atom stereocenters. The summed E-state index contributed by atoms with van der Waals surface area (Å²) in [6, 6.07) is 26.2. The van der Waals surface area contributed by atoms with Crippen LogP contribution in [0.3, 0.4) is 0 Å². The van der Waals surface area contributed by atoms with Crippen molar-refractivity contribution in [2.75, 3.05) is 0 Å². The number of benzene rings is 3. The van der Waals surface area contributed by atoms with Gasteiger partial charge < -0.3 is 14.4 Å². The van der Waals surface area contributed by atoms with Crippen molar-refractivity contribution in [2.24, 2.45) is 5.41 Å². The number of carbonyl (C=O) groups is 1. The lowest BCUT2D eigenvalue weighted by atomic mass is 9.89. The van der Waals surface area contributed by atoms with Crippen molar-refractivity contribution in [3.63, 3.8) is 0 Å². The van der Waals surface area contributed by atoms with Gasteiger partial charge in [-0.25, -0.2) is 9.97 Å². The molecule has 0 fully saturated rings. The molecule has 182 valence electrons. The normalized spacial score (nSPS) is 11.8. The van der Waals surface area contributed by atoms with E-state index in [1.54, 1.807) is 13.8 Å². The van der Waals surface area contributed by atoms with Gasteiger partial charge in [-0.2, -0.15) is 0 Å². The Morgan fingerprint density at radius 2 is 1.78 bits per heavy atom. The van der Waals surface area contributed by atoms with Crippen LogP contribution in [0.4, 0.5) is 0 Å². The summed E-state index contributed by atoms with van der Waals surface area (Å²) in [4.78, 5) is 21.4. The number of fused-ring (bicyclic) bond motifs is 2. The minimum absolute atomic E-state index is 0.319. The van der Waals surface area contributed by atoms with Gasteiger partial charge in [0.1, 0.15) is 18.2 Å². The van der Waals surface area contributed by atoms with Crippen LogP contribution in [0.5, 0.6) is 5.75 Å². The Morgan fingerprint density at radius 1 is 0.944 bits per heavy atom. The number of rotatable bonds is 8. The second-order valence-corrected chi connectivity index (χ2v) is 9.90. The van der Waals surface area contributed by atoms with Crippen LogP contribution in [0.1, 0.15) is 36.5 Å². The Labute approximate surface area is 210 Å². The number of imidazole rings is 1. The predicted octanol–water partition coefficient (Wildman–Crippen LogP) is 6.17. The molecule has 36 heavy (non-hydrogen) atoms. The van der Waals surface area contributed by atoms with Crippen molar-refractivity contribution in [3.8, 4) is 5.75 Å². The fourth-order valence-electron chi connectivity index (χ4n) is 4.37. The molecule has 5 aromatic rings. The molecule has 6 heteroatoms. The summed E-state index contributed by atoms with van der Waals surface area (Å²) < 4.78 is 8.18. The lowest BCUT2D eigenvalue weighted by Gasteiger charge is -2.19. The van der Waals surface area contributed by atoms with Gasteiger partial charge in [-0.15, -0.1) is 0 Å². The van der Waals surface area contributed by atoms with E-state index in [1.165, 1.54) is 5.56 Å². The summed E-state index contributed by atoms with van der Waals surface area (Å²) in [5.41, 5.74) is 4.91. The van der Waals surface area contributed by atoms with Gasteiger partial charge in [-0.3, -0.25) is 4.79 Å². The lowest BCUT2D eigenvalue weighted by molar-refractivity contribution is -0.146. The molecule has 2 aromatic heterocycles. The molecule has 0 radical (unpaired) electrons. The van der Waals surface area contributed by atoms with Gasteiger partial charge >= 0.3 is 5.97 Å². The molecular formula is C30H29N3O3. The minimum atomic E-state index is -0.938. The molecular weight excluding hydrogens is 450 g/mol. The van der Waals surface area contributed by atoms with E-state index < -0.39 is 11.4 Å². The Hall–Kier alpha value is -4.19. The molecule has 0 amide bonds. The molecule has 1 N–H and O–H groups in total. The molecule has 0 spiro atoms. The lowest BCUT2D eigenvalue weighted by Crippen LogP contribution is -2.27. The molecule has 0 aliphatic heterocycles. The molecule has 0 bridgehead atoms. The standard InChI is InChI=1S/C30H29N3O3/c1-20-7-6-8-21(15-20)18-33-27-14-13-24(16-26(27)32-28(33)17-30(2,3)29(34)35)36-19-23-12-11-22-9-4-5-10-25(22)31-23/h4-16H,17-19H2,1-3H3,(H,34,35). The van der Waals surface area contributed by atoms with Gasteiger partial charge in [0.05, 0.1) is 27.7 Å². The topological polar surface area (TPSA) is 77.2 Å². The number of ether oxygens (including phenoxy) is 1. The monoisotopic (exact) mass is 479 g/mol. The number of para-hydroxylation sites is 1. The maximum atomic E-state index is 11.8. The first-order valence-electron chi connectivity index (χ1n) is 12.0. The number of pyridine rings is 1. The number of carboxylic acid groups (broad SMARTS) is 1. The Balaban J connectivity index is 1.45. The fourth-order valence-corrected chi connectivity index (χ4v) is 4.37. The van der Waals surface area contributed by atoms with Crippen LogP contribution in [-0.4, -0.2) is 25.6 Å². The highest BCUT2D eigenvalue weighted by molar-refractivity contribution is 5.79. The number of carboxylic acids is 1. The number of nitrogens with zero attached hydrogens (tertiary/aromatic N) is 3. The van der Waals surface area contributed by atoms with Crippen LogP contribution in [0.15, 0.2) is 78.9 Å². The predicted molar refractivity (Wildman–Crippen MR) is 141 cm³/mol. The van der Waals surface area contributed by atoms with Crippen LogP contribution >= 0.6 is 0 Å². The second kappa shape index (κ2) is 9.46. The van der Waals surface area contributed by atoms with Crippen LogP contribution in [0, 0.1) is 12.3 Å². The summed E-state index contributed by atoms with van der Waals surface area (Å²) in [5.74, 6) is 0.595. The van der Waals surface area contributed by atoms with E-state index >= 15 is 0 Å². The van der Waals surface area contributed by atoms with Gasteiger partial charge in [0.15, 0.2) is 0 Å². The van der Waals surface area contributed by atoms with E-state index in [0.29, 0.717) is 25.3 Å². The molecule has 0 aliphatic rings. The van der Waals surface area contributed by atoms with Crippen LogP contribution in [0.2, 0.25) is 0 Å². The van der Waals surface area contributed by atoms with E-state index in [4.69, 9.17) is 9.72 Å². The van der Waals surface area contributed by atoms with Crippen molar-refractivity contribution in [1.82, 2.24) is 14.5 Å². The van der Waals surface area contributed by atoms with Crippen molar-refractivity contribution >= 4 is 27.9 Å². The maximum Gasteiger partial charge on any atom is 0.309 e. The van der Waals surface area contributed by atoms with Crippen molar-refractivity contribution in [3.05, 3.63) is 102 Å². The molecule has 3 aromatic carbocycles. The largest absolute Gasteiger partial charge is 0.487 e. The fraction of sp³-hybridized carbons (Fsp3) is 0.233. The van der Waals surface area contributed by atoms with Crippen molar-refractivity contribution in [2.45, 2.75) is 40.3 Å². The summed E-state index contributed by atoms with van der Waals surface area (Å²) >= 11 is 0. The van der Waals surface area contributed by atoms with E-state index in [9.17, 15) is 9.90 Å². The van der Waals surface area contributed by atoms with Crippen molar-refractivity contribution < 1.29 is 14.6 Å². The zero-order valence-corrected chi connectivity index (χ0v) is 20.7. The number of aliphatic carboxylic acids is 1. The van der Waals surface area contributed by atoms with E-state index in [2.05, 4.69) is 34.7 Å². The number of hydrogen-bond acceptors (Lipinski definition) is 4. The first-order valence-corrected chi connectivity index (χ1v) is 12.0. The quantitative estimate of drug-likeness (QED) is 0.288. The molecule has 2 heterocycles. The highest BCUT2D eigenvalue weighted by Crippen LogP contribution is 2.28. The van der Waals surface area contributed by atoms with E-state index in [-0.39, 0.29) is 0 Å². The molecule has 5 rings (SSSR count). The Bertz CT molecular complexity index is 1570. The third-order valence-corrected chi connectivity index (χ3v) is 6.44. The Morgan fingerprint density at radius 3 is 2.58 bits per heavy atom. The number of aromatic nitrogens is 3. The zero-order valence-electron chi connectivity index (χ0n) is 20.7. The SMILES string of the molecule is Cc1cccc(Cn2c(CC(C)(C)C(=O)O)nc3cc(OCc4ccc5ccccc5n4)ccc32)c1. The maximum absolute atomic E-state index is 11.8. The van der Waals surface area contributed by atoms with Crippen LogP contribution < -0.4 is 4.74 Å². The summed E-state index contributed by atoms with van der Waals surface area (Å²) in [5, 5.41) is 10.8. The molecule has 0 saturated carbocycles. The zero-order chi connectivity index (χ0) is 25.3. The number of aryl methyl sites for hydroxylation is 1. The Kier molecular flexibility index (Phi) is 6.18. The average Bonchev–Trinajstić information content (AvgIpc) is 3.17. The highest BCUT2D eigenvalue weighted by Gasteiger charge is 2.30. The number of hydrogen-bond donors (Lipinski definition) is 1. The molecule has 0 saturated heterocycles. The summed E-state index contributed by atoms with van der Waals surface area (Å²) in [6.45, 7) is 6.50. The first-order chi connectivity index (χ1) is 17.3. The van der Waals surface area contributed by atoms with Crippen LogP contribution in [0.25, 0.3) is 21.9 Å².